The van der Waals surface area contributed by atoms with Gasteiger partial charge in [-0.05, 0) is 51.7 Å². The van der Waals surface area contributed by atoms with E-state index in [9.17, 15) is 23.1 Å². The van der Waals surface area contributed by atoms with Crippen LogP contribution in [0.5, 0.6) is 0 Å². The SMILES string of the molecule is CCOC(=O)c1c2c3c(c(Nc4ccc(C)cc4[S+]([O])(=O)ON)ccc3n(C)c1=O)C(=O)c1ccccc1-2. The van der Waals surface area contributed by atoms with Gasteiger partial charge in [-0.3, -0.25) is 9.59 Å². The minimum absolute atomic E-state index is 0.0579. The Bertz CT molecular complexity index is 1780. The van der Waals surface area contributed by atoms with Crippen molar-refractivity contribution in [3.8, 4) is 11.1 Å². The summed E-state index contributed by atoms with van der Waals surface area (Å²) >= 11 is 0. The van der Waals surface area contributed by atoms with Crippen molar-refractivity contribution in [3.05, 3.63) is 87.2 Å². The van der Waals surface area contributed by atoms with Crippen molar-refractivity contribution in [1.82, 2.24) is 4.57 Å². The van der Waals surface area contributed by atoms with Crippen molar-refractivity contribution in [1.29, 1.82) is 0 Å². The molecule has 1 aromatic heterocycles. The number of nitrogens with two attached hydrogens (primary N) is 1. The molecular formula is C27H23N3O7S+. The smallest absolute Gasteiger partial charge is 0.449 e. The van der Waals surface area contributed by atoms with Gasteiger partial charge in [0.1, 0.15) is 11.3 Å². The third-order valence-corrected chi connectivity index (χ3v) is 7.64. The summed E-state index contributed by atoms with van der Waals surface area (Å²) in [5.41, 5.74) is 1.90. The number of hydrogen-bond donors (Lipinski definition) is 2. The summed E-state index contributed by atoms with van der Waals surface area (Å²) in [4.78, 5) is 40.1. The summed E-state index contributed by atoms with van der Waals surface area (Å²) in [6, 6.07) is 14.5. The van der Waals surface area contributed by atoms with Gasteiger partial charge in [0, 0.05) is 29.6 Å². The van der Waals surface area contributed by atoms with Gasteiger partial charge in [0.25, 0.3) is 10.5 Å². The number of carbonyl (C=O) groups excluding carboxylic acids is 2. The molecule has 0 fully saturated rings. The van der Waals surface area contributed by atoms with Gasteiger partial charge in [-0.25, -0.2) is 4.79 Å². The lowest BCUT2D eigenvalue weighted by Crippen LogP contribution is -2.29. The van der Waals surface area contributed by atoms with Crippen LogP contribution in [0.1, 0.15) is 38.8 Å². The second kappa shape index (κ2) is 9.30. The number of aromatic nitrogens is 1. The third kappa shape index (κ3) is 3.84. The van der Waals surface area contributed by atoms with E-state index in [1.165, 1.54) is 23.7 Å². The lowest BCUT2D eigenvalue weighted by atomic mass is 9.81. The molecular weight excluding hydrogens is 510 g/mol. The van der Waals surface area contributed by atoms with Crippen molar-refractivity contribution in [2.45, 2.75) is 18.7 Å². The molecule has 1 unspecified atom stereocenters. The van der Waals surface area contributed by atoms with E-state index in [2.05, 4.69) is 9.60 Å². The second-order valence-electron chi connectivity index (χ2n) is 8.77. The summed E-state index contributed by atoms with van der Waals surface area (Å²) in [6.45, 7) is 3.41. The molecule has 1 atom stereocenters. The molecule has 0 saturated heterocycles. The Labute approximate surface area is 218 Å². The maximum atomic E-state index is 13.9. The van der Waals surface area contributed by atoms with Crippen LogP contribution in [-0.4, -0.2) is 22.9 Å². The van der Waals surface area contributed by atoms with E-state index in [4.69, 9.17) is 10.6 Å². The summed E-state index contributed by atoms with van der Waals surface area (Å²) in [6.07, 6.45) is 0. The van der Waals surface area contributed by atoms with Crippen molar-refractivity contribution in [3.63, 3.8) is 0 Å². The predicted molar refractivity (Wildman–Crippen MR) is 141 cm³/mol. The number of anilines is 2. The number of pyridine rings is 1. The monoisotopic (exact) mass is 533 g/mol. The third-order valence-electron chi connectivity index (χ3n) is 6.51. The molecule has 1 heterocycles. The summed E-state index contributed by atoms with van der Waals surface area (Å²) in [5.74, 6) is 3.88. The first-order chi connectivity index (χ1) is 18.1. The Hall–Kier alpha value is -4.16. The molecule has 0 saturated carbocycles. The fourth-order valence-corrected chi connectivity index (χ4v) is 5.63. The molecule has 0 amide bonds. The summed E-state index contributed by atoms with van der Waals surface area (Å²) in [7, 11) is -2.79. The largest absolute Gasteiger partial charge is 0.462 e. The van der Waals surface area contributed by atoms with Crippen LogP contribution in [0.2, 0.25) is 0 Å². The van der Waals surface area contributed by atoms with Crippen molar-refractivity contribution in [2.24, 2.45) is 12.9 Å². The van der Waals surface area contributed by atoms with E-state index in [1.54, 1.807) is 56.3 Å². The molecule has 0 bridgehead atoms. The number of rotatable bonds is 6. The lowest BCUT2D eigenvalue weighted by molar-refractivity contribution is 0.0524. The van der Waals surface area contributed by atoms with Gasteiger partial charge >= 0.3 is 16.5 Å². The Balaban J connectivity index is 1.87. The Morgan fingerprint density at radius 3 is 2.39 bits per heavy atom. The average Bonchev–Trinajstić information content (AvgIpc) is 2.90. The quantitative estimate of drug-likeness (QED) is 0.189. The zero-order valence-electron chi connectivity index (χ0n) is 20.7. The van der Waals surface area contributed by atoms with Crippen LogP contribution < -0.4 is 16.8 Å². The topological polar surface area (TPSA) is 150 Å². The number of aryl methyl sites for hydroxylation is 2. The molecule has 4 aromatic rings. The Kier molecular flexibility index (Phi) is 6.24. The lowest BCUT2D eigenvalue weighted by Gasteiger charge is -2.25. The molecule has 11 heteroatoms. The first kappa shape index (κ1) is 25.5. The Morgan fingerprint density at radius 2 is 1.71 bits per heavy atom. The first-order valence-electron chi connectivity index (χ1n) is 11.6. The molecule has 0 spiro atoms. The number of nitrogens with one attached hydrogen (secondary N) is 1. The van der Waals surface area contributed by atoms with E-state index in [0.29, 0.717) is 22.0 Å². The van der Waals surface area contributed by atoms with E-state index < -0.39 is 22.0 Å². The number of fused-ring (bicyclic) bond motifs is 2. The van der Waals surface area contributed by atoms with Gasteiger partial charge in [0.15, 0.2) is 5.78 Å². The molecule has 5 rings (SSSR count). The van der Waals surface area contributed by atoms with E-state index in [0.717, 1.165) is 0 Å². The molecule has 38 heavy (non-hydrogen) atoms. The highest BCUT2D eigenvalue weighted by atomic mass is 32.3. The number of hydrogen-bond acceptors (Lipinski definition) is 8. The van der Waals surface area contributed by atoms with Gasteiger partial charge in [-0.1, -0.05) is 30.3 Å². The predicted octanol–water partition coefficient (Wildman–Crippen LogP) is 3.99. The van der Waals surface area contributed by atoms with Gasteiger partial charge in [0.2, 0.25) is 0 Å². The van der Waals surface area contributed by atoms with Crippen LogP contribution in [0.3, 0.4) is 0 Å². The first-order valence-corrected chi connectivity index (χ1v) is 13.0. The number of ketones is 1. The second-order valence-corrected chi connectivity index (χ2v) is 10.3. The van der Waals surface area contributed by atoms with Crippen molar-refractivity contribution < 1.29 is 27.4 Å². The van der Waals surface area contributed by atoms with Crippen LogP contribution in [-0.2, 0) is 35.3 Å². The van der Waals surface area contributed by atoms with Crippen molar-refractivity contribution >= 4 is 44.5 Å². The number of ether oxygens (including phenoxy) is 1. The van der Waals surface area contributed by atoms with E-state index in [-0.39, 0.29) is 50.9 Å². The van der Waals surface area contributed by atoms with Gasteiger partial charge in [-0.15, -0.1) is 0 Å². The normalized spacial score (nSPS) is 13.7. The van der Waals surface area contributed by atoms with Gasteiger partial charge < -0.3 is 14.6 Å². The maximum Gasteiger partial charge on any atom is 0.449 e. The van der Waals surface area contributed by atoms with Crippen LogP contribution in [0.25, 0.3) is 22.0 Å². The molecule has 10 nitrogen and oxygen atoms in total. The van der Waals surface area contributed by atoms with Gasteiger partial charge in [-0.2, -0.15) is 5.90 Å². The highest BCUT2D eigenvalue weighted by Crippen LogP contribution is 2.44. The summed E-state index contributed by atoms with van der Waals surface area (Å²) in [5, 5.41) is 3.41. The van der Waals surface area contributed by atoms with Crippen molar-refractivity contribution in [2.75, 3.05) is 11.9 Å². The number of carbonyl (C=O) groups is 2. The fraction of sp³-hybridized carbons (Fsp3) is 0.148. The fourth-order valence-electron chi connectivity index (χ4n) is 4.81. The van der Waals surface area contributed by atoms with Crippen LogP contribution in [0, 0.1) is 6.92 Å². The minimum atomic E-state index is -4.30. The van der Waals surface area contributed by atoms with Crippen LogP contribution >= 0.6 is 0 Å². The zero-order chi connectivity index (χ0) is 27.4. The summed E-state index contributed by atoms with van der Waals surface area (Å²) < 4.78 is 35.9. The molecule has 1 radical (unpaired) electrons. The zero-order valence-corrected chi connectivity index (χ0v) is 21.5. The minimum Gasteiger partial charge on any atom is -0.462 e. The van der Waals surface area contributed by atoms with E-state index >= 15 is 0 Å². The molecule has 1 aliphatic carbocycles. The number of benzene rings is 3. The van der Waals surface area contributed by atoms with Gasteiger partial charge in [0.05, 0.1) is 27.9 Å². The number of nitrogens with zero attached hydrogens (tertiary/aromatic N) is 1. The molecule has 3 aromatic carbocycles. The molecule has 3 N–H and O–H groups in total. The van der Waals surface area contributed by atoms with E-state index in [1.807, 2.05) is 0 Å². The standard InChI is InChI=1S/C27H23N3O7S/c1-4-36-27(33)24-21-15-7-5-6-8-16(15)25(31)22-18(11-12-19(23(21)22)30(3)26(24)32)29-17-10-9-14(2)13-20(17)38(34,35)37-28/h5-13,29H,4,28H2,1-3H3/q+1. The van der Waals surface area contributed by atoms with Crippen LogP contribution in [0.4, 0.5) is 11.4 Å². The maximum absolute atomic E-state index is 13.9. The average molecular weight is 534 g/mol. The molecule has 1 aliphatic rings. The number of esters is 1. The van der Waals surface area contributed by atoms with Crippen LogP contribution in [0.15, 0.2) is 64.3 Å². The molecule has 0 aliphatic heterocycles. The highest BCUT2D eigenvalue weighted by Gasteiger charge is 2.39. The highest BCUT2D eigenvalue weighted by molar-refractivity contribution is 7.93. The molecule has 193 valence electrons. The Morgan fingerprint density at radius 1 is 1.03 bits per heavy atom.